The van der Waals surface area contributed by atoms with Crippen molar-refractivity contribution in [2.45, 2.75) is 32.7 Å². The van der Waals surface area contributed by atoms with Gasteiger partial charge in [0, 0.05) is 31.3 Å². The molecule has 3 aromatic rings. The van der Waals surface area contributed by atoms with Crippen LogP contribution in [0.3, 0.4) is 0 Å². The van der Waals surface area contributed by atoms with Crippen LogP contribution < -0.4 is 10.1 Å². The number of rotatable bonds is 5. The summed E-state index contributed by atoms with van der Waals surface area (Å²) >= 11 is 0. The molecule has 0 radical (unpaired) electrons. The van der Waals surface area contributed by atoms with Crippen LogP contribution in [-0.2, 0) is 17.8 Å². The number of hydrogen-bond donors (Lipinski definition) is 1. The number of carbonyl (C=O) groups excluding carboxylic acids is 2. The number of aromatic nitrogens is 2. The normalized spacial score (nSPS) is 18.8. The zero-order valence-electron chi connectivity index (χ0n) is 18.7. The molecule has 7 heteroatoms. The average Bonchev–Trinajstić information content (AvgIpc) is 3.27. The highest BCUT2D eigenvalue weighted by Gasteiger charge is 2.25. The van der Waals surface area contributed by atoms with Crippen molar-refractivity contribution in [1.29, 1.82) is 0 Å². The van der Waals surface area contributed by atoms with Crippen LogP contribution in [0.1, 0.15) is 41.4 Å². The maximum Gasteiger partial charge on any atom is 0.271 e. The Morgan fingerprint density at radius 3 is 2.85 bits per heavy atom. The zero-order chi connectivity index (χ0) is 23.2. The molecule has 172 valence electrons. The van der Waals surface area contributed by atoms with Crippen LogP contribution in [0.4, 0.5) is 4.39 Å². The summed E-state index contributed by atoms with van der Waals surface area (Å²) in [5.41, 5.74) is 1.95. The van der Waals surface area contributed by atoms with Crippen LogP contribution in [0, 0.1) is 17.7 Å². The van der Waals surface area contributed by atoms with Gasteiger partial charge >= 0.3 is 0 Å². The largest absolute Gasteiger partial charge is 0.492 e. The lowest BCUT2D eigenvalue weighted by Gasteiger charge is -2.23. The summed E-state index contributed by atoms with van der Waals surface area (Å²) in [4.78, 5) is 29.7. The number of fused-ring (bicyclic) bond motifs is 1. The zero-order valence-corrected chi connectivity index (χ0v) is 18.7. The number of amides is 1. The van der Waals surface area contributed by atoms with Crippen LogP contribution in [0.15, 0.2) is 61.1 Å². The fraction of sp³-hybridized carbons (Fsp3) is 0.346. The van der Waals surface area contributed by atoms with Crippen molar-refractivity contribution in [2.75, 3.05) is 13.2 Å². The van der Waals surface area contributed by atoms with Crippen molar-refractivity contribution in [2.24, 2.45) is 11.8 Å². The Bertz CT molecular complexity index is 1110. The third kappa shape index (κ3) is 5.86. The van der Waals surface area contributed by atoms with Gasteiger partial charge in [-0.2, -0.15) is 0 Å². The number of Topliss-reactive ketones (excluding diaryl/α,β-unsaturated/α-hetero) is 1. The van der Waals surface area contributed by atoms with Crippen LogP contribution in [0.2, 0.25) is 0 Å². The van der Waals surface area contributed by atoms with Gasteiger partial charge in [-0.1, -0.05) is 43.3 Å². The lowest BCUT2D eigenvalue weighted by atomic mass is 9.90. The molecule has 0 fully saturated rings. The second-order valence-electron chi connectivity index (χ2n) is 8.67. The molecule has 33 heavy (non-hydrogen) atoms. The molecule has 2 unspecified atom stereocenters. The van der Waals surface area contributed by atoms with Crippen molar-refractivity contribution in [3.05, 3.63) is 83.7 Å². The number of ether oxygens (including phenoxy) is 1. The predicted octanol–water partition coefficient (Wildman–Crippen LogP) is 4.04. The van der Waals surface area contributed by atoms with Gasteiger partial charge in [0.05, 0.1) is 18.9 Å². The summed E-state index contributed by atoms with van der Waals surface area (Å²) < 4.78 is 22.0. The van der Waals surface area contributed by atoms with Gasteiger partial charge in [0.1, 0.15) is 23.0 Å². The minimum absolute atomic E-state index is 0.0391. The average molecular weight is 450 g/mol. The number of imidazole rings is 1. The maximum absolute atomic E-state index is 14.3. The van der Waals surface area contributed by atoms with E-state index in [1.54, 1.807) is 24.7 Å². The highest BCUT2D eigenvalue weighted by molar-refractivity contribution is 5.92. The van der Waals surface area contributed by atoms with E-state index in [0.29, 0.717) is 42.8 Å². The molecule has 2 heterocycles. The van der Waals surface area contributed by atoms with Gasteiger partial charge in [0.2, 0.25) is 0 Å². The van der Waals surface area contributed by atoms with E-state index in [1.165, 1.54) is 6.07 Å². The Morgan fingerprint density at radius 2 is 2.03 bits per heavy atom. The molecule has 1 aromatic heterocycles. The number of nitrogens with zero attached hydrogens (tertiary/aromatic N) is 2. The molecule has 1 amide bonds. The Hall–Kier alpha value is -3.48. The number of nitrogens with one attached hydrogen (secondary N) is 1. The van der Waals surface area contributed by atoms with Crippen LogP contribution in [0.5, 0.6) is 5.75 Å². The van der Waals surface area contributed by atoms with Crippen molar-refractivity contribution in [3.8, 4) is 5.75 Å². The molecule has 0 spiro atoms. The van der Waals surface area contributed by atoms with E-state index in [4.69, 9.17) is 4.74 Å². The first-order chi connectivity index (χ1) is 16.0. The SMILES string of the molecule is CC1CCc2c(F)cccc2OCC(CNC(=O)c2cn(Cc3ccccc3)cn2)C(=O)C1. The van der Waals surface area contributed by atoms with E-state index in [1.807, 2.05) is 41.8 Å². The minimum Gasteiger partial charge on any atom is -0.492 e. The van der Waals surface area contributed by atoms with Crippen LogP contribution >= 0.6 is 0 Å². The summed E-state index contributed by atoms with van der Waals surface area (Å²) in [5, 5.41) is 2.82. The highest BCUT2D eigenvalue weighted by atomic mass is 19.1. The number of carbonyl (C=O) groups is 2. The topological polar surface area (TPSA) is 73.2 Å². The number of halogens is 1. The van der Waals surface area contributed by atoms with Crippen LogP contribution in [0.25, 0.3) is 0 Å². The smallest absolute Gasteiger partial charge is 0.271 e. The van der Waals surface area contributed by atoms with Crippen LogP contribution in [-0.4, -0.2) is 34.4 Å². The first-order valence-electron chi connectivity index (χ1n) is 11.3. The monoisotopic (exact) mass is 449 g/mol. The Balaban J connectivity index is 1.40. The molecule has 0 saturated heterocycles. The molecule has 1 aliphatic rings. The van der Waals surface area contributed by atoms with Gasteiger partial charge in [-0.15, -0.1) is 0 Å². The van der Waals surface area contributed by atoms with Gasteiger partial charge in [0.15, 0.2) is 0 Å². The molecule has 2 atom stereocenters. The number of benzene rings is 2. The summed E-state index contributed by atoms with van der Waals surface area (Å²) in [6.07, 6.45) is 4.91. The summed E-state index contributed by atoms with van der Waals surface area (Å²) in [6, 6.07) is 14.7. The van der Waals surface area contributed by atoms with E-state index < -0.39 is 5.92 Å². The molecule has 6 nitrogen and oxygen atoms in total. The predicted molar refractivity (Wildman–Crippen MR) is 123 cm³/mol. The van der Waals surface area contributed by atoms with Gasteiger partial charge < -0.3 is 14.6 Å². The second kappa shape index (κ2) is 10.4. The lowest BCUT2D eigenvalue weighted by molar-refractivity contribution is -0.124. The summed E-state index contributed by atoms with van der Waals surface area (Å²) in [5.74, 6) is -0.522. The van der Waals surface area contributed by atoms with Crippen molar-refractivity contribution in [3.63, 3.8) is 0 Å². The van der Waals surface area contributed by atoms with E-state index >= 15 is 0 Å². The van der Waals surface area contributed by atoms with Crippen molar-refractivity contribution < 1.29 is 18.7 Å². The fourth-order valence-electron chi connectivity index (χ4n) is 4.04. The van der Waals surface area contributed by atoms with Gasteiger partial charge in [-0.05, 0) is 36.5 Å². The Morgan fingerprint density at radius 1 is 1.21 bits per heavy atom. The third-order valence-corrected chi connectivity index (χ3v) is 5.99. The molecule has 0 saturated carbocycles. The molecular formula is C26H28FN3O3. The molecule has 0 aliphatic carbocycles. The van der Waals surface area contributed by atoms with E-state index in [9.17, 15) is 14.0 Å². The lowest BCUT2D eigenvalue weighted by Crippen LogP contribution is -2.37. The standard InChI is InChI=1S/C26H28FN3O3/c1-18-10-11-21-22(27)8-5-9-25(21)33-16-20(24(31)12-18)13-28-26(32)23-15-30(17-29-23)14-19-6-3-2-4-7-19/h2-9,15,17-18,20H,10-14,16H2,1H3,(H,28,32). The van der Waals surface area contributed by atoms with Gasteiger partial charge in [-0.25, -0.2) is 9.37 Å². The number of hydrogen-bond acceptors (Lipinski definition) is 4. The van der Waals surface area contributed by atoms with Crippen molar-refractivity contribution in [1.82, 2.24) is 14.9 Å². The molecule has 2 aromatic carbocycles. The maximum atomic E-state index is 14.3. The third-order valence-electron chi connectivity index (χ3n) is 5.99. The molecule has 4 rings (SSSR count). The summed E-state index contributed by atoms with van der Waals surface area (Å²) in [6.45, 7) is 2.84. The van der Waals surface area contributed by atoms with Gasteiger partial charge in [-0.3, -0.25) is 9.59 Å². The molecule has 0 bridgehead atoms. The van der Waals surface area contributed by atoms with Crippen molar-refractivity contribution >= 4 is 11.7 Å². The molecular weight excluding hydrogens is 421 g/mol. The van der Waals surface area contributed by atoms with E-state index in [2.05, 4.69) is 10.3 Å². The quantitative estimate of drug-likeness (QED) is 0.638. The second-order valence-corrected chi connectivity index (χ2v) is 8.67. The number of ketones is 1. The minimum atomic E-state index is -0.517. The Labute approximate surface area is 192 Å². The first-order valence-corrected chi connectivity index (χ1v) is 11.3. The first kappa shape index (κ1) is 22.7. The molecule has 1 N–H and O–H groups in total. The van der Waals surface area contributed by atoms with E-state index in [-0.39, 0.29) is 36.6 Å². The van der Waals surface area contributed by atoms with Gasteiger partial charge in [0.25, 0.3) is 5.91 Å². The van der Waals surface area contributed by atoms with E-state index in [0.717, 1.165) is 5.56 Å². The molecule has 1 aliphatic heterocycles. The summed E-state index contributed by atoms with van der Waals surface area (Å²) in [7, 11) is 0. The highest BCUT2D eigenvalue weighted by Crippen LogP contribution is 2.27. The fourth-order valence-corrected chi connectivity index (χ4v) is 4.04. The Kier molecular flexibility index (Phi) is 7.17.